The fraction of sp³-hybridized carbons (Fsp3) is 0.250. The molecule has 1 aromatic heterocycles. The summed E-state index contributed by atoms with van der Waals surface area (Å²) in [6, 6.07) is 9.48. The second-order valence-corrected chi connectivity index (χ2v) is 6.12. The highest BCUT2D eigenvalue weighted by Gasteiger charge is 2.31. The van der Waals surface area contributed by atoms with Gasteiger partial charge in [0.25, 0.3) is 0 Å². The molecule has 0 saturated heterocycles. The number of aromatic nitrogens is 1. The first-order valence-electron chi connectivity index (χ1n) is 5.06. The maximum Gasteiger partial charge on any atom is 0.216 e. The Hall–Kier alpha value is -0.540. The Bertz CT molecular complexity index is 519. The number of aliphatic hydroxyl groups is 1. The van der Waals surface area contributed by atoms with Gasteiger partial charge in [0.1, 0.15) is 6.10 Å². The van der Waals surface area contributed by atoms with Gasteiger partial charge in [0.2, 0.25) is 3.79 Å². The Kier molecular flexibility index (Phi) is 3.79. The summed E-state index contributed by atoms with van der Waals surface area (Å²) in [5.41, 5.74) is 1.77. The Morgan fingerprint density at radius 3 is 2.59 bits per heavy atom. The van der Waals surface area contributed by atoms with Crippen molar-refractivity contribution in [2.75, 3.05) is 0 Å². The van der Waals surface area contributed by atoms with Crippen LogP contribution in [0, 0.1) is 0 Å². The van der Waals surface area contributed by atoms with E-state index in [9.17, 15) is 5.11 Å². The number of rotatable bonds is 2. The molecular weight excluding hydrogens is 280 g/mol. The Morgan fingerprint density at radius 1 is 1.18 bits per heavy atom. The van der Waals surface area contributed by atoms with E-state index >= 15 is 0 Å². The van der Waals surface area contributed by atoms with Crippen LogP contribution in [0.4, 0.5) is 0 Å². The minimum atomic E-state index is -1.68. The number of alkyl halides is 3. The summed E-state index contributed by atoms with van der Waals surface area (Å²) in [6.45, 7) is 0. The maximum absolute atomic E-state index is 9.78. The first-order chi connectivity index (χ1) is 7.98. The van der Waals surface area contributed by atoms with Crippen molar-refractivity contribution in [1.29, 1.82) is 0 Å². The summed E-state index contributed by atoms with van der Waals surface area (Å²) in [6.07, 6.45) is 0.917. The van der Waals surface area contributed by atoms with Crippen LogP contribution in [0.3, 0.4) is 0 Å². The number of hydrogen-bond acceptors (Lipinski definition) is 2. The molecule has 0 spiro atoms. The molecule has 0 amide bonds. The quantitative estimate of drug-likeness (QED) is 0.859. The third-order valence-corrected chi connectivity index (χ3v) is 3.29. The lowest BCUT2D eigenvalue weighted by Crippen LogP contribution is -2.27. The molecule has 0 aliphatic carbocycles. The molecule has 5 heteroatoms. The van der Waals surface area contributed by atoms with Crippen LogP contribution < -0.4 is 0 Å². The van der Waals surface area contributed by atoms with Gasteiger partial charge in [-0.05, 0) is 17.7 Å². The number of benzene rings is 1. The average Bonchev–Trinajstić information content (AvgIpc) is 2.28. The number of hydrogen-bond donors (Lipinski definition) is 1. The second kappa shape index (κ2) is 4.99. The lowest BCUT2D eigenvalue weighted by Gasteiger charge is -2.19. The Labute approximate surface area is 114 Å². The number of pyridine rings is 1. The molecule has 1 atom stereocenters. The van der Waals surface area contributed by atoms with Crippen LogP contribution in [0.25, 0.3) is 10.9 Å². The van der Waals surface area contributed by atoms with Crippen molar-refractivity contribution in [3.8, 4) is 0 Å². The first-order valence-corrected chi connectivity index (χ1v) is 6.19. The molecule has 0 saturated carbocycles. The van der Waals surface area contributed by atoms with Gasteiger partial charge in [-0.3, -0.25) is 4.98 Å². The van der Waals surface area contributed by atoms with E-state index in [0.717, 1.165) is 16.5 Å². The predicted molar refractivity (Wildman–Crippen MR) is 71.7 cm³/mol. The highest BCUT2D eigenvalue weighted by molar-refractivity contribution is 6.68. The van der Waals surface area contributed by atoms with Crippen molar-refractivity contribution >= 4 is 45.7 Å². The van der Waals surface area contributed by atoms with E-state index in [2.05, 4.69) is 4.98 Å². The normalized spacial score (nSPS) is 13.9. The monoisotopic (exact) mass is 289 g/mol. The zero-order valence-electron chi connectivity index (χ0n) is 8.78. The largest absolute Gasteiger partial charge is 0.388 e. The molecule has 0 radical (unpaired) electrons. The fourth-order valence-corrected chi connectivity index (χ4v) is 1.89. The molecule has 0 aliphatic heterocycles. The Balaban J connectivity index is 2.36. The van der Waals surface area contributed by atoms with Gasteiger partial charge in [0.15, 0.2) is 0 Å². The molecule has 0 unspecified atom stereocenters. The van der Waals surface area contributed by atoms with E-state index in [1.54, 1.807) is 6.20 Å². The molecule has 2 nitrogen and oxygen atoms in total. The molecule has 90 valence electrons. The van der Waals surface area contributed by atoms with Crippen molar-refractivity contribution in [1.82, 2.24) is 4.98 Å². The molecular formula is C12H10Cl3NO. The van der Waals surface area contributed by atoms with Gasteiger partial charge < -0.3 is 5.11 Å². The predicted octanol–water partition coefficient (Wildman–Crippen LogP) is 3.51. The van der Waals surface area contributed by atoms with Crippen LogP contribution in [0.2, 0.25) is 0 Å². The summed E-state index contributed by atoms with van der Waals surface area (Å²) in [5, 5.41) is 10.7. The summed E-state index contributed by atoms with van der Waals surface area (Å²) in [7, 11) is 0. The number of fused-ring (bicyclic) bond motifs is 1. The van der Waals surface area contributed by atoms with E-state index in [4.69, 9.17) is 34.8 Å². The highest BCUT2D eigenvalue weighted by Crippen LogP contribution is 2.32. The summed E-state index contributed by atoms with van der Waals surface area (Å²) in [5.74, 6) is 0. The van der Waals surface area contributed by atoms with Crippen LogP contribution in [0.1, 0.15) is 5.56 Å². The lowest BCUT2D eigenvalue weighted by atomic mass is 10.0. The SMILES string of the molecule is O[C@H](Cc1ccnc2ccccc12)C(Cl)(Cl)Cl. The minimum Gasteiger partial charge on any atom is -0.388 e. The van der Waals surface area contributed by atoms with Gasteiger partial charge in [-0.2, -0.15) is 0 Å². The lowest BCUT2D eigenvalue weighted by molar-refractivity contribution is 0.179. The highest BCUT2D eigenvalue weighted by atomic mass is 35.6. The summed E-state index contributed by atoms with van der Waals surface area (Å²) in [4.78, 5) is 4.23. The first kappa shape index (κ1) is 12.9. The second-order valence-electron chi connectivity index (χ2n) is 3.75. The average molecular weight is 291 g/mol. The van der Waals surface area contributed by atoms with Crippen molar-refractivity contribution in [2.45, 2.75) is 16.3 Å². The number of halogens is 3. The van der Waals surface area contributed by atoms with Crippen LogP contribution >= 0.6 is 34.8 Å². The third kappa shape index (κ3) is 3.02. The van der Waals surface area contributed by atoms with Gasteiger partial charge in [-0.15, -0.1) is 0 Å². The van der Waals surface area contributed by atoms with Crippen molar-refractivity contribution in [2.24, 2.45) is 0 Å². The molecule has 0 fully saturated rings. The fourth-order valence-electron chi connectivity index (χ4n) is 1.66. The molecule has 0 aliphatic rings. The molecule has 1 N–H and O–H groups in total. The van der Waals surface area contributed by atoms with E-state index in [1.807, 2.05) is 30.3 Å². The molecule has 2 aromatic rings. The number of nitrogens with zero attached hydrogens (tertiary/aromatic N) is 1. The van der Waals surface area contributed by atoms with E-state index in [0.29, 0.717) is 0 Å². The van der Waals surface area contributed by atoms with Gasteiger partial charge in [-0.25, -0.2) is 0 Å². The van der Waals surface area contributed by atoms with Crippen molar-refractivity contribution < 1.29 is 5.11 Å². The smallest absolute Gasteiger partial charge is 0.216 e. The van der Waals surface area contributed by atoms with Crippen LogP contribution in [0.5, 0.6) is 0 Å². The number of para-hydroxylation sites is 1. The zero-order chi connectivity index (χ0) is 12.5. The van der Waals surface area contributed by atoms with E-state index in [1.165, 1.54) is 0 Å². The molecule has 1 heterocycles. The third-order valence-electron chi connectivity index (χ3n) is 2.53. The zero-order valence-corrected chi connectivity index (χ0v) is 11.0. The molecule has 1 aromatic carbocycles. The van der Waals surface area contributed by atoms with Gasteiger partial charge in [-0.1, -0.05) is 53.0 Å². The molecule has 17 heavy (non-hydrogen) atoms. The van der Waals surface area contributed by atoms with Gasteiger partial charge in [0.05, 0.1) is 5.52 Å². The Morgan fingerprint density at radius 2 is 1.88 bits per heavy atom. The van der Waals surface area contributed by atoms with Crippen LogP contribution in [0.15, 0.2) is 36.5 Å². The minimum absolute atomic E-state index is 0.277. The van der Waals surface area contributed by atoms with Crippen LogP contribution in [-0.2, 0) is 6.42 Å². The molecule has 0 bridgehead atoms. The standard InChI is InChI=1S/C12H10Cl3NO/c13-12(14,15)11(17)7-8-5-6-16-10-4-2-1-3-9(8)10/h1-6,11,17H,7H2/t11-/m1/s1. The van der Waals surface area contributed by atoms with Crippen LogP contribution in [-0.4, -0.2) is 20.0 Å². The van der Waals surface area contributed by atoms with E-state index in [-0.39, 0.29) is 6.42 Å². The topological polar surface area (TPSA) is 33.1 Å². The summed E-state index contributed by atoms with van der Waals surface area (Å²) >= 11 is 16.9. The number of aliphatic hydroxyl groups excluding tert-OH is 1. The van der Waals surface area contributed by atoms with Gasteiger partial charge in [0, 0.05) is 18.0 Å². The summed E-state index contributed by atoms with van der Waals surface area (Å²) < 4.78 is -1.68. The maximum atomic E-state index is 9.78. The molecule has 2 rings (SSSR count). The van der Waals surface area contributed by atoms with Gasteiger partial charge >= 0.3 is 0 Å². The van der Waals surface area contributed by atoms with E-state index < -0.39 is 9.90 Å². The van der Waals surface area contributed by atoms with Crippen molar-refractivity contribution in [3.05, 3.63) is 42.1 Å². The van der Waals surface area contributed by atoms with Crippen molar-refractivity contribution in [3.63, 3.8) is 0 Å².